The predicted molar refractivity (Wildman–Crippen MR) is 200 cm³/mol. The van der Waals surface area contributed by atoms with Crippen molar-refractivity contribution in [3.05, 3.63) is 93.2 Å². The van der Waals surface area contributed by atoms with Crippen LogP contribution in [0.2, 0.25) is 10.0 Å². The molecule has 50 heavy (non-hydrogen) atoms. The average molecular weight is 741 g/mol. The quantitative estimate of drug-likeness (QED) is 0.264. The van der Waals surface area contributed by atoms with Gasteiger partial charge in [0.05, 0.1) is 23.7 Å². The Morgan fingerprint density at radius 3 is 2.02 bits per heavy atom. The molecule has 3 aliphatic rings. The number of ether oxygens (including phenoxy) is 1. The SMILES string of the molecule is CCOc1cc(C(C)(C)C)ncc1C1=N[C@@](C)(c2ccc(Cl)cc2)[C@@](C)(c2ccc(Cl)cc2)N1C(=O)N1CCN(C2CCS(=O)(=O)CC2)CC1. The molecule has 3 aliphatic heterocycles. The number of hydrogen-bond acceptors (Lipinski definition) is 7. The van der Waals surface area contributed by atoms with E-state index < -0.39 is 20.9 Å². The summed E-state index contributed by atoms with van der Waals surface area (Å²) in [6.07, 6.45) is 3.05. The lowest BCUT2D eigenvalue weighted by Crippen LogP contribution is -2.61. The van der Waals surface area contributed by atoms with E-state index in [0.717, 1.165) is 16.8 Å². The van der Waals surface area contributed by atoms with Crippen LogP contribution in [0.3, 0.4) is 0 Å². The number of amides is 2. The van der Waals surface area contributed by atoms with E-state index in [4.69, 9.17) is 37.9 Å². The molecule has 0 spiro atoms. The van der Waals surface area contributed by atoms with Gasteiger partial charge < -0.3 is 9.64 Å². The van der Waals surface area contributed by atoms with Crippen molar-refractivity contribution < 1.29 is 17.9 Å². The topological polar surface area (TPSA) is 95.4 Å². The largest absolute Gasteiger partial charge is 0.493 e. The second-order valence-electron chi connectivity index (χ2n) is 14.9. The Labute approximate surface area is 306 Å². The Morgan fingerprint density at radius 1 is 0.920 bits per heavy atom. The van der Waals surface area contributed by atoms with E-state index in [1.54, 1.807) is 6.20 Å². The molecule has 0 saturated carbocycles. The number of halogens is 2. The van der Waals surface area contributed by atoms with Gasteiger partial charge in [0.25, 0.3) is 0 Å². The molecule has 3 aromatic rings. The Hall–Kier alpha value is -3.18. The maximum atomic E-state index is 15.2. The molecule has 0 radical (unpaired) electrons. The highest BCUT2D eigenvalue weighted by atomic mass is 35.5. The number of nitrogens with zero attached hydrogens (tertiary/aromatic N) is 5. The fourth-order valence-electron chi connectivity index (χ4n) is 7.52. The lowest BCUT2D eigenvalue weighted by molar-refractivity contribution is 0.0720. The summed E-state index contributed by atoms with van der Waals surface area (Å²) in [5.74, 6) is 1.52. The smallest absolute Gasteiger partial charge is 0.326 e. The average Bonchev–Trinajstić information content (AvgIpc) is 3.32. The lowest BCUT2D eigenvalue weighted by atomic mass is 9.71. The first-order valence-electron chi connectivity index (χ1n) is 17.4. The molecule has 268 valence electrons. The summed E-state index contributed by atoms with van der Waals surface area (Å²) in [5, 5.41) is 1.20. The maximum Gasteiger partial charge on any atom is 0.326 e. The van der Waals surface area contributed by atoms with Crippen LogP contribution in [-0.4, -0.2) is 90.3 Å². The molecule has 4 heterocycles. The third-order valence-corrected chi connectivity index (χ3v) is 13.0. The summed E-state index contributed by atoms with van der Waals surface area (Å²) in [6.45, 7) is 15.1. The summed E-state index contributed by atoms with van der Waals surface area (Å²) < 4.78 is 30.5. The normalized spacial score (nSPS) is 24.7. The third-order valence-electron chi connectivity index (χ3n) is 10.7. The number of rotatable bonds is 6. The second-order valence-corrected chi connectivity index (χ2v) is 18.0. The van der Waals surface area contributed by atoms with Crippen molar-refractivity contribution in [2.45, 2.75) is 76.9 Å². The van der Waals surface area contributed by atoms with Crippen LogP contribution in [-0.2, 0) is 26.3 Å². The number of hydrogen-bond donors (Lipinski definition) is 0. The van der Waals surface area contributed by atoms with Gasteiger partial charge in [-0.05, 0) is 69.0 Å². The summed E-state index contributed by atoms with van der Waals surface area (Å²) in [4.78, 5) is 31.7. The van der Waals surface area contributed by atoms with E-state index in [9.17, 15) is 8.42 Å². The van der Waals surface area contributed by atoms with Crippen LogP contribution >= 0.6 is 23.2 Å². The van der Waals surface area contributed by atoms with Crippen molar-refractivity contribution >= 4 is 44.9 Å². The zero-order chi connectivity index (χ0) is 36.1. The molecular weight excluding hydrogens is 693 g/mol. The number of benzene rings is 2. The predicted octanol–water partition coefficient (Wildman–Crippen LogP) is 7.29. The van der Waals surface area contributed by atoms with Gasteiger partial charge in [-0.1, -0.05) is 68.2 Å². The lowest BCUT2D eigenvalue weighted by Gasteiger charge is -2.48. The molecule has 0 N–H and O–H groups in total. The van der Waals surface area contributed by atoms with Crippen LogP contribution in [0.25, 0.3) is 0 Å². The molecule has 12 heteroatoms. The molecular formula is C38H47Cl2N5O4S. The number of aliphatic imine (C=N–C) groups is 1. The van der Waals surface area contributed by atoms with Crippen LogP contribution in [0, 0.1) is 0 Å². The van der Waals surface area contributed by atoms with Crippen LogP contribution in [0.5, 0.6) is 5.75 Å². The van der Waals surface area contributed by atoms with Crippen LogP contribution < -0.4 is 4.74 Å². The summed E-state index contributed by atoms with van der Waals surface area (Å²) in [7, 11) is -2.96. The summed E-state index contributed by atoms with van der Waals surface area (Å²) >= 11 is 12.8. The molecule has 2 aromatic carbocycles. The molecule has 1 aromatic heterocycles. The number of aromatic nitrogens is 1. The minimum atomic E-state index is -2.96. The molecule has 2 amide bonds. The molecule has 2 atom stereocenters. The van der Waals surface area contributed by atoms with Gasteiger partial charge in [-0.15, -0.1) is 0 Å². The monoisotopic (exact) mass is 739 g/mol. The number of carbonyl (C=O) groups excluding carboxylic acids is 1. The van der Waals surface area contributed by atoms with Gasteiger partial charge in [0.15, 0.2) is 0 Å². The van der Waals surface area contributed by atoms with Crippen molar-refractivity contribution in [1.82, 2.24) is 19.7 Å². The fourth-order valence-corrected chi connectivity index (χ4v) is 9.24. The number of piperazine rings is 1. The van der Waals surface area contributed by atoms with Gasteiger partial charge in [-0.25, -0.2) is 13.2 Å². The minimum absolute atomic E-state index is 0.174. The summed E-state index contributed by atoms with van der Waals surface area (Å²) in [5.41, 5.74) is 1.03. The van der Waals surface area contributed by atoms with Crippen LogP contribution in [0.15, 0.2) is 65.8 Å². The van der Waals surface area contributed by atoms with E-state index >= 15 is 4.79 Å². The fraction of sp³-hybridized carbons (Fsp3) is 0.500. The molecule has 9 nitrogen and oxygen atoms in total. The standard InChI is InChI=1S/C38H47Cl2N5O4S/c1-7-49-32-24-33(36(2,3)4)41-25-31(32)34-42-37(5,26-8-12-28(39)13-9-26)38(6,27-10-14-29(40)15-11-27)45(34)35(46)44-20-18-43(19-21-44)30-16-22-50(47,48)23-17-30/h8-15,24-25,30H,7,16-23H2,1-6H3/t37-,38+/m0/s1. The van der Waals surface area contributed by atoms with Gasteiger partial charge in [0.2, 0.25) is 0 Å². The van der Waals surface area contributed by atoms with Crippen LogP contribution in [0.1, 0.15) is 76.8 Å². The zero-order valence-corrected chi connectivity index (χ0v) is 32.1. The summed E-state index contributed by atoms with van der Waals surface area (Å²) in [6, 6.07) is 17.3. The molecule has 2 fully saturated rings. The van der Waals surface area contributed by atoms with Gasteiger partial charge in [-0.2, -0.15) is 0 Å². The zero-order valence-electron chi connectivity index (χ0n) is 29.7. The van der Waals surface area contributed by atoms with Gasteiger partial charge >= 0.3 is 6.03 Å². The van der Waals surface area contributed by atoms with Gasteiger partial charge in [0, 0.05) is 65.6 Å². The molecule has 2 saturated heterocycles. The highest BCUT2D eigenvalue weighted by Gasteiger charge is 2.60. The first-order valence-corrected chi connectivity index (χ1v) is 19.9. The Kier molecular flexibility index (Phi) is 10.1. The van der Waals surface area contributed by atoms with Crippen molar-refractivity contribution in [1.29, 1.82) is 0 Å². The first-order chi connectivity index (χ1) is 23.6. The maximum absolute atomic E-state index is 15.2. The number of carbonyl (C=O) groups is 1. The highest BCUT2D eigenvalue weighted by Crippen LogP contribution is 2.54. The molecule has 0 unspecified atom stereocenters. The minimum Gasteiger partial charge on any atom is -0.493 e. The van der Waals surface area contributed by atoms with Crippen molar-refractivity contribution in [2.75, 3.05) is 44.3 Å². The Bertz CT molecular complexity index is 1860. The van der Waals surface area contributed by atoms with E-state index in [1.165, 1.54) is 0 Å². The van der Waals surface area contributed by atoms with E-state index in [0.29, 0.717) is 72.8 Å². The first kappa shape index (κ1) is 36.6. The van der Waals surface area contributed by atoms with Crippen molar-refractivity contribution in [3.63, 3.8) is 0 Å². The van der Waals surface area contributed by atoms with Crippen molar-refractivity contribution in [3.8, 4) is 5.75 Å². The Balaban J connectivity index is 1.47. The Morgan fingerprint density at radius 2 is 1.48 bits per heavy atom. The number of pyridine rings is 1. The van der Waals surface area contributed by atoms with Crippen LogP contribution in [0.4, 0.5) is 4.79 Å². The van der Waals surface area contributed by atoms with Gasteiger partial charge in [0.1, 0.15) is 32.5 Å². The molecule has 0 bridgehead atoms. The molecule has 0 aliphatic carbocycles. The second kappa shape index (κ2) is 13.7. The third kappa shape index (κ3) is 6.76. The van der Waals surface area contributed by atoms with Crippen molar-refractivity contribution in [2.24, 2.45) is 4.99 Å². The number of urea groups is 1. The van der Waals surface area contributed by atoms with Gasteiger partial charge in [-0.3, -0.25) is 19.8 Å². The highest BCUT2D eigenvalue weighted by molar-refractivity contribution is 7.91. The molecule has 6 rings (SSSR count). The van der Waals surface area contributed by atoms with E-state index in [-0.39, 0.29) is 29.0 Å². The number of sulfone groups is 1. The van der Waals surface area contributed by atoms with E-state index in [2.05, 4.69) is 39.5 Å². The number of amidine groups is 1. The van der Waals surface area contributed by atoms with E-state index in [1.807, 2.05) is 71.3 Å².